The summed E-state index contributed by atoms with van der Waals surface area (Å²) < 4.78 is 5.52. The molecule has 3 aliphatic rings. The lowest BCUT2D eigenvalue weighted by molar-refractivity contribution is 0.0858. The van der Waals surface area contributed by atoms with E-state index in [1.165, 1.54) is 25.7 Å². The molecular weight excluding hydrogens is 342 g/mol. The summed E-state index contributed by atoms with van der Waals surface area (Å²) in [5, 5.41) is 5.88. The summed E-state index contributed by atoms with van der Waals surface area (Å²) in [6, 6.07) is 7.06. The largest absolute Gasteiger partial charge is 0.376 e. The molecule has 1 unspecified atom stereocenters. The number of nitrogens with one attached hydrogen (secondary N) is 2. The zero-order valence-electron chi connectivity index (χ0n) is 15.8. The van der Waals surface area contributed by atoms with Gasteiger partial charge in [0.2, 0.25) is 0 Å². The smallest absolute Gasteiger partial charge is 0.321 e. The Morgan fingerprint density at radius 1 is 1.11 bits per heavy atom. The van der Waals surface area contributed by atoms with Crippen molar-refractivity contribution in [3.8, 4) is 0 Å². The topological polar surface area (TPSA) is 70.7 Å². The minimum absolute atomic E-state index is 0.0330. The van der Waals surface area contributed by atoms with Gasteiger partial charge in [0.15, 0.2) is 0 Å². The number of ether oxygens (including phenoxy) is 1. The predicted molar refractivity (Wildman–Crippen MR) is 104 cm³/mol. The van der Waals surface area contributed by atoms with Crippen LogP contribution < -0.4 is 10.6 Å². The van der Waals surface area contributed by atoms with Gasteiger partial charge in [-0.15, -0.1) is 0 Å². The number of rotatable bonds is 4. The maximum Gasteiger partial charge on any atom is 0.321 e. The van der Waals surface area contributed by atoms with Crippen molar-refractivity contribution in [2.24, 2.45) is 5.41 Å². The molecule has 146 valence electrons. The first kappa shape index (κ1) is 18.3. The summed E-state index contributed by atoms with van der Waals surface area (Å²) in [6.45, 7) is 3.05. The maximum absolute atomic E-state index is 12.5. The molecule has 1 atom stereocenters. The number of anilines is 1. The van der Waals surface area contributed by atoms with Gasteiger partial charge in [-0.25, -0.2) is 4.79 Å². The summed E-state index contributed by atoms with van der Waals surface area (Å²) in [4.78, 5) is 26.7. The fraction of sp³-hybridized carbons (Fsp3) is 0.619. The zero-order valence-corrected chi connectivity index (χ0v) is 15.8. The third-order valence-corrected chi connectivity index (χ3v) is 6.30. The quantitative estimate of drug-likeness (QED) is 0.852. The van der Waals surface area contributed by atoms with Crippen molar-refractivity contribution in [2.75, 3.05) is 31.6 Å². The number of nitrogens with zero attached hydrogens (tertiary/aromatic N) is 1. The van der Waals surface area contributed by atoms with Crippen molar-refractivity contribution in [2.45, 2.75) is 51.0 Å². The molecule has 0 aromatic heterocycles. The minimum atomic E-state index is -0.105. The summed E-state index contributed by atoms with van der Waals surface area (Å²) in [5.41, 5.74) is 1.70. The van der Waals surface area contributed by atoms with Crippen LogP contribution in [0, 0.1) is 5.41 Å². The molecule has 27 heavy (non-hydrogen) atoms. The van der Waals surface area contributed by atoms with Crippen LogP contribution in [0.5, 0.6) is 0 Å². The lowest BCUT2D eigenvalue weighted by Crippen LogP contribution is -2.34. The number of benzene rings is 1. The summed E-state index contributed by atoms with van der Waals surface area (Å²) >= 11 is 0. The van der Waals surface area contributed by atoms with Gasteiger partial charge in [0.05, 0.1) is 6.10 Å². The lowest BCUT2D eigenvalue weighted by Gasteiger charge is -2.23. The summed E-state index contributed by atoms with van der Waals surface area (Å²) in [6.07, 6.45) is 8.44. The van der Waals surface area contributed by atoms with Gasteiger partial charge in [0, 0.05) is 37.5 Å². The molecule has 2 saturated heterocycles. The van der Waals surface area contributed by atoms with E-state index in [1.807, 2.05) is 4.90 Å². The Kier molecular flexibility index (Phi) is 5.34. The molecule has 1 aromatic carbocycles. The van der Waals surface area contributed by atoms with Crippen LogP contribution in [0.25, 0.3) is 0 Å². The van der Waals surface area contributed by atoms with Gasteiger partial charge in [0.1, 0.15) is 0 Å². The Morgan fingerprint density at radius 2 is 1.89 bits per heavy atom. The second kappa shape index (κ2) is 7.89. The highest BCUT2D eigenvalue weighted by molar-refractivity contribution is 5.95. The predicted octanol–water partition coefficient (Wildman–Crippen LogP) is 3.39. The zero-order chi connectivity index (χ0) is 18.7. The molecule has 1 aliphatic carbocycles. The molecule has 2 aliphatic heterocycles. The van der Waals surface area contributed by atoms with Gasteiger partial charge < -0.3 is 20.3 Å². The molecule has 1 saturated carbocycles. The summed E-state index contributed by atoms with van der Waals surface area (Å²) in [5.74, 6) is -0.105. The highest BCUT2D eigenvalue weighted by Crippen LogP contribution is 2.45. The highest BCUT2D eigenvalue weighted by atomic mass is 16.5. The molecule has 1 aromatic rings. The fourth-order valence-corrected chi connectivity index (χ4v) is 4.66. The van der Waals surface area contributed by atoms with Crippen molar-refractivity contribution in [3.63, 3.8) is 0 Å². The number of carbonyl (C=O) groups is 2. The fourth-order valence-electron chi connectivity index (χ4n) is 4.66. The van der Waals surface area contributed by atoms with Gasteiger partial charge in [-0.3, -0.25) is 4.79 Å². The number of carbonyl (C=O) groups excluding carboxylic acids is 2. The SMILES string of the molecule is O=C(NCC1CCCO1)c1ccc(NC(=O)N2CCC3(CCCC3)C2)cc1. The molecule has 0 bridgehead atoms. The van der Waals surface area contributed by atoms with E-state index in [0.717, 1.165) is 44.6 Å². The van der Waals surface area contributed by atoms with Crippen molar-refractivity contribution >= 4 is 17.6 Å². The maximum atomic E-state index is 12.5. The Morgan fingerprint density at radius 3 is 2.59 bits per heavy atom. The van der Waals surface area contributed by atoms with Crippen LogP contribution in [-0.2, 0) is 4.74 Å². The molecule has 3 amide bonds. The minimum Gasteiger partial charge on any atom is -0.376 e. The first-order valence-electron chi connectivity index (χ1n) is 10.2. The Hall–Kier alpha value is -2.08. The van der Waals surface area contributed by atoms with E-state index in [1.54, 1.807) is 24.3 Å². The van der Waals surface area contributed by atoms with Crippen LogP contribution in [0.3, 0.4) is 0 Å². The number of likely N-dealkylation sites (tertiary alicyclic amines) is 1. The Labute approximate surface area is 160 Å². The van der Waals surface area contributed by atoms with Crippen LogP contribution in [0.4, 0.5) is 10.5 Å². The van der Waals surface area contributed by atoms with Gasteiger partial charge in [-0.1, -0.05) is 12.8 Å². The van der Waals surface area contributed by atoms with Crippen LogP contribution >= 0.6 is 0 Å². The van der Waals surface area contributed by atoms with E-state index in [4.69, 9.17) is 4.74 Å². The van der Waals surface area contributed by atoms with E-state index in [0.29, 0.717) is 17.5 Å². The van der Waals surface area contributed by atoms with E-state index in [2.05, 4.69) is 10.6 Å². The van der Waals surface area contributed by atoms with E-state index in [-0.39, 0.29) is 18.0 Å². The van der Waals surface area contributed by atoms with E-state index in [9.17, 15) is 9.59 Å². The van der Waals surface area contributed by atoms with Crippen molar-refractivity contribution in [3.05, 3.63) is 29.8 Å². The number of urea groups is 1. The highest BCUT2D eigenvalue weighted by Gasteiger charge is 2.41. The standard InChI is InChI=1S/C21H29N3O3/c25-19(22-14-18-4-3-13-27-18)16-5-7-17(8-6-16)23-20(26)24-12-11-21(15-24)9-1-2-10-21/h5-8,18H,1-4,9-15H2,(H,22,25)(H,23,26). The van der Waals surface area contributed by atoms with Crippen molar-refractivity contribution in [1.82, 2.24) is 10.2 Å². The van der Waals surface area contributed by atoms with E-state index < -0.39 is 0 Å². The molecule has 1 spiro atoms. The molecule has 6 nitrogen and oxygen atoms in total. The van der Waals surface area contributed by atoms with Crippen LogP contribution in [-0.4, -0.2) is 49.2 Å². The third kappa shape index (κ3) is 4.26. The number of amides is 3. The van der Waals surface area contributed by atoms with Crippen molar-refractivity contribution in [1.29, 1.82) is 0 Å². The average Bonchev–Trinajstić information content (AvgIpc) is 3.44. The van der Waals surface area contributed by atoms with Gasteiger partial charge in [-0.05, 0) is 61.8 Å². The molecule has 2 heterocycles. The molecular formula is C21H29N3O3. The second-order valence-electron chi connectivity index (χ2n) is 8.23. The monoisotopic (exact) mass is 371 g/mol. The normalized spacial score (nSPS) is 23.7. The Balaban J connectivity index is 1.27. The molecule has 4 rings (SSSR count). The lowest BCUT2D eigenvalue weighted by atomic mass is 9.86. The second-order valence-corrected chi connectivity index (χ2v) is 8.23. The molecule has 2 N–H and O–H groups in total. The van der Waals surface area contributed by atoms with E-state index >= 15 is 0 Å². The van der Waals surface area contributed by atoms with Crippen LogP contribution in [0.15, 0.2) is 24.3 Å². The van der Waals surface area contributed by atoms with Crippen LogP contribution in [0.2, 0.25) is 0 Å². The Bertz CT molecular complexity index is 676. The number of hydrogen-bond acceptors (Lipinski definition) is 3. The van der Waals surface area contributed by atoms with Gasteiger partial charge >= 0.3 is 6.03 Å². The third-order valence-electron chi connectivity index (χ3n) is 6.30. The molecule has 6 heteroatoms. The number of hydrogen-bond donors (Lipinski definition) is 2. The molecule has 0 radical (unpaired) electrons. The molecule has 3 fully saturated rings. The average molecular weight is 371 g/mol. The van der Waals surface area contributed by atoms with Crippen molar-refractivity contribution < 1.29 is 14.3 Å². The van der Waals surface area contributed by atoms with Gasteiger partial charge in [0.25, 0.3) is 5.91 Å². The summed E-state index contributed by atoms with van der Waals surface area (Å²) in [7, 11) is 0. The first-order chi connectivity index (χ1) is 13.1. The van der Waals surface area contributed by atoms with Gasteiger partial charge in [-0.2, -0.15) is 0 Å². The first-order valence-corrected chi connectivity index (χ1v) is 10.2. The van der Waals surface area contributed by atoms with Crippen LogP contribution in [0.1, 0.15) is 55.3 Å².